The van der Waals surface area contributed by atoms with E-state index in [0.29, 0.717) is 0 Å². The molecule has 0 aromatic heterocycles. The van der Waals surface area contributed by atoms with Crippen LogP contribution in [0, 0.1) is 0 Å². The topological polar surface area (TPSA) is 21.3 Å². The molecule has 1 N–H and O–H groups in total. The largest absolute Gasteiger partial charge is 0.374 e. The zero-order valence-electron chi connectivity index (χ0n) is 11.1. The monoisotopic (exact) mass is 271 g/mol. The van der Waals surface area contributed by atoms with E-state index in [4.69, 9.17) is 4.74 Å². The highest BCUT2D eigenvalue weighted by Gasteiger charge is 2.16. The molecule has 1 aliphatic rings. The molecule has 19 heavy (non-hydrogen) atoms. The Morgan fingerprint density at radius 3 is 2.74 bits per heavy atom. The minimum Gasteiger partial charge on any atom is -0.374 e. The normalized spacial score (nSPS) is 14.2. The number of anilines is 2. The lowest BCUT2D eigenvalue weighted by Gasteiger charge is -2.22. The molecule has 0 amide bonds. The summed E-state index contributed by atoms with van der Waals surface area (Å²) in [5.41, 5.74) is 3.57. The standard InChI is InChI=1S/C16H17NOS/c1-3-18-11(2)12-8-9-16-14(10-12)17-13-6-4-5-7-15(13)19-16/h4-11,17H,3H2,1-2H3. The van der Waals surface area contributed by atoms with Crippen LogP contribution >= 0.6 is 11.8 Å². The summed E-state index contributed by atoms with van der Waals surface area (Å²) < 4.78 is 5.65. The van der Waals surface area contributed by atoms with Gasteiger partial charge in [-0.25, -0.2) is 0 Å². The molecule has 2 nitrogen and oxygen atoms in total. The molecule has 3 rings (SSSR count). The summed E-state index contributed by atoms with van der Waals surface area (Å²) in [6.45, 7) is 4.86. The van der Waals surface area contributed by atoms with Crippen molar-refractivity contribution in [2.75, 3.05) is 11.9 Å². The van der Waals surface area contributed by atoms with Crippen LogP contribution in [0.25, 0.3) is 0 Å². The van der Waals surface area contributed by atoms with Crippen LogP contribution in [-0.2, 0) is 4.74 Å². The van der Waals surface area contributed by atoms with Gasteiger partial charge in [0.2, 0.25) is 0 Å². The summed E-state index contributed by atoms with van der Waals surface area (Å²) in [7, 11) is 0. The quantitative estimate of drug-likeness (QED) is 0.725. The molecule has 0 spiro atoms. The first-order chi connectivity index (χ1) is 9.28. The second-order valence-corrected chi connectivity index (χ2v) is 5.66. The fourth-order valence-corrected chi connectivity index (χ4v) is 3.22. The molecule has 0 fully saturated rings. The Balaban J connectivity index is 1.92. The molecule has 0 saturated carbocycles. The minimum absolute atomic E-state index is 0.138. The Labute approximate surface area is 118 Å². The molecule has 1 aliphatic heterocycles. The Morgan fingerprint density at radius 1 is 1.11 bits per heavy atom. The fourth-order valence-electron chi connectivity index (χ4n) is 2.26. The van der Waals surface area contributed by atoms with Gasteiger partial charge < -0.3 is 10.1 Å². The summed E-state index contributed by atoms with van der Waals surface area (Å²) in [4.78, 5) is 2.55. The molecular formula is C16H17NOS. The van der Waals surface area contributed by atoms with E-state index in [-0.39, 0.29) is 6.10 Å². The van der Waals surface area contributed by atoms with Gasteiger partial charge in [-0.2, -0.15) is 0 Å². The molecule has 0 saturated heterocycles. The smallest absolute Gasteiger partial charge is 0.0797 e. The van der Waals surface area contributed by atoms with Crippen LogP contribution in [0.4, 0.5) is 11.4 Å². The summed E-state index contributed by atoms with van der Waals surface area (Å²) in [6, 6.07) is 14.9. The van der Waals surface area contributed by atoms with Gasteiger partial charge in [0.25, 0.3) is 0 Å². The number of hydrogen-bond donors (Lipinski definition) is 1. The highest BCUT2D eigenvalue weighted by Crippen LogP contribution is 2.44. The molecule has 98 valence electrons. The Morgan fingerprint density at radius 2 is 1.89 bits per heavy atom. The maximum absolute atomic E-state index is 5.65. The fraction of sp³-hybridized carbons (Fsp3) is 0.250. The van der Waals surface area contributed by atoms with Crippen molar-refractivity contribution in [3.8, 4) is 0 Å². The van der Waals surface area contributed by atoms with E-state index >= 15 is 0 Å². The number of ether oxygens (including phenoxy) is 1. The molecule has 2 aromatic rings. The van der Waals surface area contributed by atoms with E-state index in [1.165, 1.54) is 26.7 Å². The van der Waals surface area contributed by atoms with Crippen molar-refractivity contribution in [1.82, 2.24) is 0 Å². The van der Waals surface area contributed by atoms with Gasteiger partial charge in [0.05, 0.1) is 17.5 Å². The van der Waals surface area contributed by atoms with Gasteiger partial charge >= 0.3 is 0 Å². The lowest BCUT2D eigenvalue weighted by molar-refractivity contribution is 0.0764. The van der Waals surface area contributed by atoms with Crippen LogP contribution < -0.4 is 5.32 Å². The van der Waals surface area contributed by atoms with Crippen LogP contribution in [0.1, 0.15) is 25.5 Å². The summed E-state index contributed by atoms with van der Waals surface area (Å²) in [6.07, 6.45) is 0.138. The molecule has 0 bridgehead atoms. The first-order valence-electron chi connectivity index (χ1n) is 6.57. The highest BCUT2D eigenvalue weighted by atomic mass is 32.2. The second-order valence-electron chi connectivity index (χ2n) is 4.58. The molecule has 0 radical (unpaired) electrons. The Bertz CT molecular complexity index is 597. The molecule has 1 unspecified atom stereocenters. The van der Waals surface area contributed by atoms with Crippen molar-refractivity contribution in [3.63, 3.8) is 0 Å². The summed E-state index contributed by atoms with van der Waals surface area (Å²) in [5.74, 6) is 0. The van der Waals surface area contributed by atoms with E-state index in [1.807, 2.05) is 18.7 Å². The third-order valence-electron chi connectivity index (χ3n) is 3.27. The van der Waals surface area contributed by atoms with Crippen molar-refractivity contribution in [2.24, 2.45) is 0 Å². The van der Waals surface area contributed by atoms with Gasteiger partial charge in [-0.3, -0.25) is 0 Å². The first kappa shape index (κ1) is 12.6. The molecule has 2 aromatic carbocycles. The van der Waals surface area contributed by atoms with Gasteiger partial charge in [-0.1, -0.05) is 30.0 Å². The zero-order valence-corrected chi connectivity index (χ0v) is 12.0. The van der Waals surface area contributed by atoms with Crippen molar-refractivity contribution >= 4 is 23.1 Å². The zero-order chi connectivity index (χ0) is 13.2. The molecule has 1 atom stereocenters. The average molecular weight is 271 g/mol. The maximum atomic E-state index is 5.65. The minimum atomic E-state index is 0.138. The predicted molar refractivity (Wildman–Crippen MR) is 80.3 cm³/mol. The average Bonchev–Trinajstić information content (AvgIpc) is 2.44. The lowest BCUT2D eigenvalue weighted by Crippen LogP contribution is -2.03. The van der Waals surface area contributed by atoms with Crippen LogP contribution in [0.2, 0.25) is 0 Å². The number of hydrogen-bond acceptors (Lipinski definition) is 3. The summed E-state index contributed by atoms with van der Waals surface area (Å²) >= 11 is 1.81. The van der Waals surface area contributed by atoms with Gasteiger partial charge in [-0.15, -0.1) is 0 Å². The van der Waals surface area contributed by atoms with E-state index in [9.17, 15) is 0 Å². The van der Waals surface area contributed by atoms with E-state index in [1.54, 1.807) is 0 Å². The van der Waals surface area contributed by atoms with Crippen molar-refractivity contribution < 1.29 is 4.74 Å². The lowest BCUT2D eigenvalue weighted by atomic mass is 10.1. The third-order valence-corrected chi connectivity index (χ3v) is 4.42. The molecular weight excluding hydrogens is 254 g/mol. The molecule has 3 heteroatoms. The van der Waals surface area contributed by atoms with Crippen molar-refractivity contribution in [3.05, 3.63) is 48.0 Å². The number of para-hydroxylation sites is 1. The number of rotatable bonds is 3. The summed E-state index contributed by atoms with van der Waals surface area (Å²) in [5, 5.41) is 3.50. The van der Waals surface area contributed by atoms with Crippen LogP contribution in [0.15, 0.2) is 52.3 Å². The van der Waals surface area contributed by atoms with E-state index in [2.05, 4.69) is 54.7 Å². The Hall–Kier alpha value is -1.45. The van der Waals surface area contributed by atoms with Gasteiger partial charge in [0.1, 0.15) is 0 Å². The van der Waals surface area contributed by atoms with Gasteiger partial charge in [0.15, 0.2) is 0 Å². The SMILES string of the molecule is CCOC(C)c1ccc2c(c1)Nc1ccccc1S2. The molecule has 0 aliphatic carbocycles. The van der Waals surface area contributed by atoms with Gasteiger partial charge in [0, 0.05) is 16.4 Å². The van der Waals surface area contributed by atoms with E-state index < -0.39 is 0 Å². The van der Waals surface area contributed by atoms with Crippen LogP contribution in [0.3, 0.4) is 0 Å². The van der Waals surface area contributed by atoms with Crippen LogP contribution in [0.5, 0.6) is 0 Å². The Kier molecular flexibility index (Phi) is 3.49. The number of nitrogens with one attached hydrogen (secondary N) is 1. The van der Waals surface area contributed by atoms with Crippen molar-refractivity contribution in [2.45, 2.75) is 29.7 Å². The van der Waals surface area contributed by atoms with Gasteiger partial charge in [-0.05, 0) is 43.7 Å². The van der Waals surface area contributed by atoms with Crippen LogP contribution in [-0.4, -0.2) is 6.61 Å². The molecule has 1 heterocycles. The highest BCUT2D eigenvalue weighted by molar-refractivity contribution is 7.99. The van der Waals surface area contributed by atoms with Crippen molar-refractivity contribution in [1.29, 1.82) is 0 Å². The predicted octanol–water partition coefficient (Wildman–Crippen LogP) is 4.99. The number of fused-ring (bicyclic) bond motifs is 2. The van der Waals surface area contributed by atoms with E-state index in [0.717, 1.165) is 6.61 Å². The first-order valence-corrected chi connectivity index (χ1v) is 7.39. The maximum Gasteiger partial charge on any atom is 0.0797 e. The third kappa shape index (κ3) is 2.48. The second kappa shape index (κ2) is 5.27. The number of benzene rings is 2.